The Hall–Kier alpha value is -1.98. The number of hydrogen-bond donors (Lipinski definition) is 0. The molecule has 6 heteroatoms. The highest BCUT2D eigenvalue weighted by atomic mass is 16.5. The van der Waals surface area contributed by atoms with Gasteiger partial charge >= 0.3 is 0 Å². The summed E-state index contributed by atoms with van der Waals surface area (Å²) < 4.78 is 0.579. The lowest BCUT2D eigenvalue weighted by atomic mass is 10.4. The highest BCUT2D eigenvalue weighted by molar-refractivity contribution is 5.67. The molecule has 0 aliphatic heterocycles. The Morgan fingerprint density at radius 2 is 2.17 bits per heavy atom. The smallest absolute Gasteiger partial charge is 0.282 e. The third-order valence-electron chi connectivity index (χ3n) is 1.45. The first-order valence-electron chi connectivity index (χ1n) is 3.21. The van der Waals surface area contributed by atoms with Gasteiger partial charge in [-0.2, -0.15) is 4.73 Å². The maximum absolute atomic E-state index is 10.9. The summed E-state index contributed by atoms with van der Waals surface area (Å²) >= 11 is 0. The highest BCUT2D eigenvalue weighted by Crippen LogP contribution is 1.98. The second kappa shape index (κ2) is 2.26. The largest absolute Gasteiger partial charge is 0.619 e. The average Bonchev–Trinajstić information content (AvgIpc) is 2.04. The molecule has 0 saturated heterocycles. The molecule has 0 amide bonds. The molecule has 2 aromatic heterocycles. The first-order chi connectivity index (χ1) is 5.77. The summed E-state index contributed by atoms with van der Waals surface area (Å²) in [5.74, 6) is 0. The fourth-order valence-electron chi connectivity index (χ4n) is 0.917. The molecular weight excluding hydrogens is 160 g/mol. The predicted molar refractivity (Wildman–Crippen MR) is 37.5 cm³/mol. The van der Waals surface area contributed by atoms with E-state index in [9.17, 15) is 10.4 Å². The summed E-state index contributed by atoms with van der Waals surface area (Å²) in [4.78, 5) is 4.17. The van der Waals surface area contributed by atoms with Gasteiger partial charge < -0.3 is 10.4 Å². The number of aromatic nitrogens is 4. The van der Waals surface area contributed by atoms with Crippen molar-refractivity contribution in [2.24, 2.45) is 0 Å². The van der Waals surface area contributed by atoms with Crippen LogP contribution in [0.3, 0.4) is 0 Å². The molecule has 2 heterocycles. The van der Waals surface area contributed by atoms with Crippen LogP contribution in [0, 0.1) is 10.4 Å². The molecule has 0 bridgehead atoms. The Labute approximate surface area is 66.9 Å². The van der Waals surface area contributed by atoms with Crippen LogP contribution in [0.15, 0.2) is 24.8 Å². The molecule has 0 aliphatic carbocycles. The average molecular weight is 164 g/mol. The van der Waals surface area contributed by atoms with Gasteiger partial charge in [-0.05, 0) is 4.85 Å². The van der Waals surface area contributed by atoms with Gasteiger partial charge in [0, 0.05) is 5.10 Å². The summed E-state index contributed by atoms with van der Waals surface area (Å²) in [6, 6.07) is 1.37. The van der Waals surface area contributed by atoms with Gasteiger partial charge in [-0.15, -0.1) is 0 Å². The van der Waals surface area contributed by atoms with Crippen LogP contribution >= 0.6 is 0 Å². The SMILES string of the molecule is [O-][n+]1ccc2c(c1)ncn[n+]2[O-]. The van der Waals surface area contributed by atoms with E-state index in [0.717, 1.165) is 6.33 Å². The molecule has 0 saturated carbocycles. The summed E-state index contributed by atoms with van der Waals surface area (Å²) in [7, 11) is 0. The highest BCUT2D eigenvalue weighted by Gasteiger charge is 2.07. The standard InChI is InChI=1S/C6H4N4O2/c11-9-2-1-6-5(3-9)7-4-8-10(6)12/h1-4H. The number of rotatable bonds is 0. The van der Waals surface area contributed by atoms with Crippen molar-refractivity contribution in [2.45, 2.75) is 0 Å². The van der Waals surface area contributed by atoms with Crippen LogP contribution in [0.1, 0.15) is 0 Å². The van der Waals surface area contributed by atoms with Gasteiger partial charge in [-0.3, -0.25) is 0 Å². The normalized spacial score (nSPS) is 10.3. The van der Waals surface area contributed by atoms with Crippen LogP contribution in [0.4, 0.5) is 0 Å². The van der Waals surface area contributed by atoms with Crippen LogP contribution in [0.2, 0.25) is 0 Å². The molecule has 6 nitrogen and oxygen atoms in total. The molecule has 0 aromatic carbocycles. The van der Waals surface area contributed by atoms with E-state index in [1.165, 1.54) is 18.5 Å². The quantitative estimate of drug-likeness (QED) is 0.365. The topological polar surface area (TPSA) is 79.7 Å². The third kappa shape index (κ3) is 0.895. The van der Waals surface area contributed by atoms with E-state index in [1.807, 2.05) is 0 Å². The Balaban J connectivity index is 2.86. The van der Waals surface area contributed by atoms with Crippen molar-refractivity contribution in [1.29, 1.82) is 0 Å². The first kappa shape index (κ1) is 6.71. The zero-order valence-corrected chi connectivity index (χ0v) is 5.91. The molecule has 0 N–H and O–H groups in total. The zero-order valence-electron chi connectivity index (χ0n) is 5.91. The fourth-order valence-corrected chi connectivity index (χ4v) is 0.917. The number of nitrogens with zero attached hydrogens (tertiary/aromatic N) is 4. The Bertz CT molecular complexity index is 431. The van der Waals surface area contributed by atoms with Crippen molar-refractivity contribution in [3.05, 3.63) is 35.2 Å². The van der Waals surface area contributed by atoms with Crippen molar-refractivity contribution in [3.8, 4) is 0 Å². The van der Waals surface area contributed by atoms with Gasteiger partial charge in [0.15, 0.2) is 12.5 Å². The van der Waals surface area contributed by atoms with Crippen molar-refractivity contribution < 1.29 is 9.58 Å². The van der Waals surface area contributed by atoms with E-state index in [-0.39, 0.29) is 5.52 Å². The number of fused-ring (bicyclic) bond motifs is 1. The van der Waals surface area contributed by atoms with Crippen LogP contribution in [-0.4, -0.2) is 10.1 Å². The van der Waals surface area contributed by atoms with Gasteiger partial charge in [-0.1, -0.05) is 0 Å². The maximum atomic E-state index is 10.9. The van der Waals surface area contributed by atoms with Gasteiger partial charge in [0.05, 0.1) is 6.07 Å². The minimum atomic E-state index is 0.282. The van der Waals surface area contributed by atoms with Gasteiger partial charge in [-0.25, -0.2) is 4.98 Å². The second-order valence-corrected chi connectivity index (χ2v) is 2.21. The van der Waals surface area contributed by atoms with E-state index in [0.29, 0.717) is 15.1 Å². The molecule has 0 atom stereocenters. The molecule has 0 radical (unpaired) electrons. The summed E-state index contributed by atoms with van der Waals surface area (Å²) in [6.07, 6.45) is 3.54. The molecular formula is C6H4N4O2. The molecule has 0 spiro atoms. The first-order valence-corrected chi connectivity index (χ1v) is 3.21. The third-order valence-corrected chi connectivity index (χ3v) is 1.45. The van der Waals surface area contributed by atoms with Crippen LogP contribution in [0.25, 0.3) is 11.0 Å². The molecule has 12 heavy (non-hydrogen) atoms. The van der Waals surface area contributed by atoms with Gasteiger partial charge in [0.1, 0.15) is 0 Å². The summed E-state index contributed by atoms with van der Waals surface area (Å²) in [5.41, 5.74) is 0.613. The van der Waals surface area contributed by atoms with Crippen molar-refractivity contribution in [1.82, 2.24) is 10.1 Å². The zero-order chi connectivity index (χ0) is 8.55. The van der Waals surface area contributed by atoms with E-state index < -0.39 is 0 Å². The Morgan fingerprint density at radius 3 is 3.00 bits per heavy atom. The lowest BCUT2D eigenvalue weighted by Crippen LogP contribution is -2.34. The molecule has 2 rings (SSSR count). The molecule has 60 valence electrons. The van der Waals surface area contributed by atoms with Crippen LogP contribution in [0.5, 0.6) is 0 Å². The van der Waals surface area contributed by atoms with Crippen molar-refractivity contribution in [2.75, 3.05) is 0 Å². The van der Waals surface area contributed by atoms with E-state index in [1.54, 1.807) is 0 Å². The lowest BCUT2D eigenvalue weighted by molar-refractivity contribution is -0.645. The maximum Gasteiger partial charge on any atom is 0.282 e. The van der Waals surface area contributed by atoms with Crippen molar-refractivity contribution >= 4 is 11.0 Å². The minimum Gasteiger partial charge on any atom is -0.619 e. The summed E-state index contributed by atoms with van der Waals surface area (Å²) in [5, 5.41) is 25.1. The molecule has 0 unspecified atom stereocenters. The van der Waals surface area contributed by atoms with E-state index in [4.69, 9.17) is 0 Å². The van der Waals surface area contributed by atoms with Gasteiger partial charge in [0.2, 0.25) is 11.7 Å². The van der Waals surface area contributed by atoms with Crippen LogP contribution in [-0.2, 0) is 0 Å². The molecule has 0 aliphatic rings. The number of hydrogen-bond acceptors (Lipinski definition) is 4. The molecule has 2 aromatic rings. The van der Waals surface area contributed by atoms with E-state index in [2.05, 4.69) is 10.1 Å². The monoisotopic (exact) mass is 164 g/mol. The summed E-state index contributed by atoms with van der Waals surface area (Å²) in [6.45, 7) is 0. The number of pyridine rings is 1. The van der Waals surface area contributed by atoms with E-state index >= 15 is 0 Å². The lowest BCUT2D eigenvalue weighted by Gasteiger charge is -1.96. The fraction of sp³-hybridized carbons (Fsp3) is 0. The Morgan fingerprint density at radius 1 is 1.33 bits per heavy atom. The Kier molecular flexibility index (Phi) is 1.26. The van der Waals surface area contributed by atoms with Crippen LogP contribution < -0.4 is 9.58 Å². The molecule has 0 fully saturated rings. The predicted octanol–water partition coefficient (Wildman–Crippen LogP) is -1.10. The van der Waals surface area contributed by atoms with Crippen molar-refractivity contribution in [3.63, 3.8) is 0 Å². The second-order valence-electron chi connectivity index (χ2n) is 2.21. The van der Waals surface area contributed by atoms with Gasteiger partial charge in [0.25, 0.3) is 5.52 Å². The minimum absolute atomic E-state index is 0.282.